The maximum atomic E-state index is 6.57. The van der Waals surface area contributed by atoms with Crippen LogP contribution < -0.4 is 22.2 Å². The molecular weight excluding hydrogens is 408 g/mol. The van der Waals surface area contributed by atoms with Crippen LogP contribution in [0.5, 0.6) is 0 Å². The van der Waals surface area contributed by atoms with Crippen LogP contribution in [-0.4, -0.2) is 28.5 Å². The van der Waals surface area contributed by atoms with Gasteiger partial charge in [0.25, 0.3) is 0 Å². The Morgan fingerprint density at radius 2 is 1.97 bits per heavy atom. The summed E-state index contributed by atoms with van der Waals surface area (Å²) in [5.41, 5.74) is 17.2. The second-order valence-electron chi connectivity index (χ2n) is 9.10. The highest BCUT2D eigenvalue weighted by atomic mass is 15.1. The molecule has 170 valence electrons. The van der Waals surface area contributed by atoms with Crippen LogP contribution >= 0.6 is 0 Å². The standard InChI is InChI=1S/C27H32N6/c1-2-19-7-8-20-18-24(23-6-3-4-16-30-23)33(26(20)32-25(19)31-17-15-28)22-11-9-21(10-12-22)27(29)13-5-14-27/h3-4,6,8-12,16,18-19H,2,5,7,13-15,17,28-29H2,1H3. The Hall–Kier alpha value is -3.09. The number of hydrogen-bond donors (Lipinski definition) is 2. The molecule has 1 aromatic carbocycles. The van der Waals surface area contributed by atoms with E-state index in [-0.39, 0.29) is 5.54 Å². The summed E-state index contributed by atoms with van der Waals surface area (Å²) < 4.78 is 2.21. The van der Waals surface area contributed by atoms with Crippen molar-refractivity contribution in [3.8, 4) is 17.1 Å². The molecule has 2 aromatic heterocycles. The highest BCUT2D eigenvalue weighted by molar-refractivity contribution is 5.86. The fraction of sp³-hybridized carbons (Fsp3) is 0.370. The summed E-state index contributed by atoms with van der Waals surface area (Å²) in [6.07, 6.45) is 9.33. The van der Waals surface area contributed by atoms with E-state index in [2.05, 4.69) is 52.9 Å². The molecule has 0 spiro atoms. The van der Waals surface area contributed by atoms with Crippen LogP contribution in [-0.2, 0) is 5.54 Å². The highest BCUT2D eigenvalue weighted by Gasteiger charge is 2.34. The molecule has 0 saturated heterocycles. The molecule has 0 radical (unpaired) electrons. The summed E-state index contributed by atoms with van der Waals surface area (Å²) in [6, 6.07) is 16.8. The van der Waals surface area contributed by atoms with Crippen LogP contribution in [0.3, 0.4) is 0 Å². The van der Waals surface area contributed by atoms with Crippen molar-refractivity contribution < 1.29 is 0 Å². The second-order valence-corrected chi connectivity index (χ2v) is 9.10. The lowest BCUT2D eigenvalue weighted by Crippen LogP contribution is -2.43. The van der Waals surface area contributed by atoms with E-state index in [1.54, 1.807) is 0 Å². The van der Waals surface area contributed by atoms with Gasteiger partial charge in [-0.05, 0) is 68.0 Å². The summed E-state index contributed by atoms with van der Waals surface area (Å²) >= 11 is 0. The second kappa shape index (κ2) is 9.04. The van der Waals surface area contributed by atoms with Gasteiger partial charge in [-0.25, -0.2) is 4.99 Å². The minimum absolute atomic E-state index is 0.176. The Morgan fingerprint density at radius 1 is 1.15 bits per heavy atom. The molecule has 33 heavy (non-hydrogen) atoms. The number of amidine groups is 1. The molecule has 1 fully saturated rings. The third kappa shape index (κ3) is 4.05. The molecule has 6 heteroatoms. The Labute approximate surface area is 194 Å². The molecule has 1 unspecified atom stereocenters. The summed E-state index contributed by atoms with van der Waals surface area (Å²) in [5.74, 6) is 1.19. The van der Waals surface area contributed by atoms with Gasteiger partial charge in [-0.3, -0.25) is 14.5 Å². The predicted molar refractivity (Wildman–Crippen MR) is 134 cm³/mol. The fourth-order valence-electron chi connectivity index (χ4n) is 4.80. The minimum Gasteiger partial charge on any atom is -0.329 e. The third-order valence-electron chi connectivity index (χ3n) is 6.98. The third-order valence-corrected chi connectivity index (χ3v) is 6.98. The zero-order valence-corrected chi connectivity index (χ0v) is 19.2. The van der Waals surface area contributed by atoms with Crippen molar-refractivity contribution in [3.63, 3.8) is 0 Å². The number of hydrogen-bond acceptors (Lipinski definition) is 4. The van der Waals surface area contributed by atoms with Crippen molar-refractivity contribution in [2.45, 2.75) is 44.6 Å². The number of rotatable bonds is 6. The van der Waals surface area contributed by atoms with Crippen LogP contribution in [0.1, 0.15) is 44.6 Å². The SMILES string of the molecule is CCC1CC=c2cc(-c3ccccn3)n(-c3ccc(C4(N)CCC4)cc3)c2=NC1=NCCN. The van der Waals surface area contributed by atoms with Gasteiger partial charge in [-0.2, -0.15) is 0 Å². The van der Waals surface area contributed by atoms with E-state index in [9.17, 15) is 0 Å². The maximum Gasteiger partial charge on any atom is 0.146 e. The summed E-state index contributed by atoms with van der Waals surface area (Å²) in [6.45, 7) is 3.30. The first-order valence-corrected chi connectivity index (χ1v) is 12.0. The van der Waals surface area contributed by atoms with Crippen molar-refractivity contribution in [2.24, 2.45) is 27.4 Å². The minimum atomic E-state index is -0.176. The Balaban J connectivity index is 1.71. The van der Waals surface area contributed by atoms with Gasteiger partial charge in [0.2, 0.25) is 0 Å². The van der Waals surface area contributed by atoms with Crippen molar-refractivity contribution in [1.82, 2.24) is 9.55 Å². The largest absolute Gasteiger partial charge is 0.329 e. The molecule has 1 atom stereocenters. The smallest absolute Gasteiger partial charge is 0.146 e. The molecule has 4 N–H and O–H groups in total. The molecule has 6 nitrogen and oxygen atoms in total. The number of fused-ring (bicyclic) bond motifs is 1. The summed E-state index contributed by atoms with van der Waals surface area (Å²) in [5, 5.41) is 1.12. The van der Waals surface area contributed by atoms with Gasteiger partial charge in [0, 0.05) is 35.1 Å². The van der Waals surface area contributed by atoms with Gasteiger partial charge >= 0.3 is 0 Å². The van der Waals surface area contributed by atoms with Crippen LogP contribution in [0.4, 0.5) is 0 Å². The van der Waals surface area contributed by atoms with Crippen molar-refractivity contribution >= 4 is 11.9 Å². The Kier molecular flexibility index (Phi) is 5.96. The van der Waals surface area contributed by atoms with Crippen molar-refractivity contribution in [2.75, 3.05) is 13.1 Å². The van der Waals surface area contributed by atoms with Gasteiger partial charge in [0.05, 0.1) is 17.9 Å². The number of nitrogens with two attached hydrogens (primary N) is 2. The van der Waals surface area contributed by atoms with E-state index >= 15 is 0 Å². The van der Waals surface area contributed by atoms with E-state index in [1.165, 1.54) is 12.0 Å². The topological polar surface area (TPSA) is 94.6 Å². The van der Waals surface area contributed by atoms with Crippen molar-refractivity contribution in [3.05, 3.63) is 71.0 Å². The molecule has 1 aliphatic carbocycles. The number of benzene rings is 1. The van der Waals surface area contributed by atoms with Crippen LogP contribution in [0.15, 0.2) is 64.7 Å². The number of aliphatic imine (C=N–C) groups is 1. The molecular formula is C27H32N6. The van der Waals surface area contributed by atoms with Gasteiger partial charge in [0.1, 0.15) is 11.3 Å². The molecule has 5 rings (SSSR count). The first kappa shape index (κ1) is 21.7. The van der Waals surface area contributed by atoms with Gasteiger partial charge < -0.3 is 11.5 Å². The lowest BCUT2D eigenvalue weighted by Gasteiger charge is -2.38. The van der Waals surface area contributed by atoms with Crippen LogP contribution in [0.25, 0.3) is 23.2 Å². The fourth-order valence-corrected chi connectivity index (χ4v) is 4.80. The number of aromatic nitrogens is 2. The number of nitrogens with zero attached hydrogens (tertiary/aromatic N) is 4. The van der Waals surface area contributed by atoms with E-state index < -0.39 is 0 Å². The summed E-state index contributed by atoms with van der Waals surface area (Å²) in [7, 11) is 0. The Morgan fingerprint density at radius 3 is 2.61 bits per heavy atom. The normalized spacial score (nSPS) is 20.3. The predicted octanol–water partition coefficient (Wildman–Crippen LogP) is 3.06. The molecule has 2 aliphatic rings. The van der Waals surface area contributed by atoms with E-state index in [0.717, 1.165) is 59.3 Å². The van der Waals surface area contributed by atoms with E-state index in [0.29, 0.717) is 19.0 Å². The van der Waals surface area contributed by atoms with E-state index in [1.807, 2.05) is 24.4 Å². The monoisotopic (exact) mass is 440 g/mol. The molecule has 0 amide bonds. The molecule has 1 aliphatic heterocycles. The molecule has 3 heterocycles. The Bertz CT molecular complexity index is 1270. The average Bonchev–Trinajstić information content (AvgIpc) is 3.10. The molecule has 1 saturated carbocycles. The first-order valence-electron chi connectivity index (χ1n) is 12.0. The lowest BCUT2D eigenvalue weighted by molar-refractivity contribution is 0.253. The van der Waals surface area contributed by atoms with Gasteiger partial charge in [-0.15, -0.1) is 0 Å². The summed E-state index contributed by atoms with van der Waals surface area (Å²) in [4.78, 5) is 14.5. The molecule has 3 aromatic rings. The van der Waals surface area contributed by atoms with Crippen molar-refractivity contribution in [1.29, 1.82) is 0 Å². The highest BCUT2D eigenvalue weighted by Crippen LogP contribution is 2.38. The zero-order chi connectivity index (χ0) is 22.8. The van der Waals surface area contributed by atoms with Crippen LogP contribution in [0.2, 0.25) is 0 Å². The van der Waals surface area contributed by atoms with Crippen LogP contribution in [0, 0.1) is 5.92 Å². The zero-order valence-electron chi connectivity index (χ0n) is 19.2. The van der Waals surface area contributed by atoms with Gasteiger partial charge in [-0.1, -0.05) is 31.2 Å². The van der Waals surface area contributed by atoms with Gasteiger partial charge in [0.15, 0.2) is 0 Å². The quantitative estimate of drug-likeness (QED) is 0.617. The average molecular weight is 441 g/mol. The van der Waals surface area contributed by atoms with E-state index in [4.69, 9.17) is 21.5 Å². The maximum absolute atomic E-state index is 6.57. The lowest BCUT2D eigenvalue weighted by atomic mass is 9.73. The first-order chi connectivity index (χ1) is 16.1. The number of pyridine rings is 1. The molecule has 0 bridgehead atoms.